The molecule has 194 valence electrons. The van der Waals surface area contributed by atoms with Crippen LogP contribution in [0.15, 0.2) is 67.0 Å². The lowest BCUT2D eigenvalue weighted by Gasteiger charge is -2.58. The number of hydrogen-bond acceptors (Lipinski definition) is 7. The standard InChI is InChI=1S/C29H36N6O2/c1-28(2,3)37-27(36)35-18-29(19-35)14-23(15-29)33-25-24(30)26(32-20-31-25)34(16-21-10-6-4-7-11-21)17-22-12-8-5-9-13-22/h4-13,20,23H,14-19,30H2,1-3H3,(H,31,32,33). The zero-order valence-corrected chi connectivity index (χ0v) is 21.9. The highest BCUT2D eigenvalue weighted by molar-refractivity contribution is 5.75. The highest BCUT2D eigenvalue weighted by atomic mass is 16.6. The summed E-state index contributed by atoms with van der Waals surface area (Å²) in [5.74, 6) is 1.39. The number of nitrogens with one attached hydrogen (secondary N) is 1. The molecule has 1 saturated carbocycles. The van der Waals surface area contributed by atoms with Crippen molar-refractivity contribution >= 4 is 23.4 Å². The molecule has 37 heavy (non-hydrogen) atoms. The zero-order chi connectivity index (χ0) is 26.0. The van der Waals surface area contributed by atoms with E-state index in [1.54, 1.807) is 11.2 Å². The summed E-state index contributed by atoms with van der Waals surface area (Å²) in [6.45, 7) is 8.53. The maximum atomic E-state index is 12.3. The summed E-state index contributed by atoms with van der Waals surface area (Å²) in [4.78, 5) is 25.4. The lowest BCUT2D eigenvalue weighted by atomic mass is 9.61. The highest BCUT2D eigenvalue weighted by Gasteiger charge is 2.54. The molecule has 2 aliphatic rings. The largest absolute Gasteiger partial charge is 0.444 e. The van der Waals surface area contributed by atoms with Gasteiger partial charge in [-0.15, -0.1) is 0 Å². The summed E-state index contributed by atoms with van der Waals surface area (Å²) in [6.07, 6.45) is 3.31. The van der Waals surface area contributed by atoms with Crippen LogP contribution in [0.1, 0.15) is 44.7 Å². The van der Waals surface area contributed by atoms with Crippen LogP contribution < -0.4 is 16.0 Å². The average Bonchev–Trinajstić information content (AvgIpc) is 2.80. The van der Waals surface area contributed by atoms with Crippen LogP contribution in [-0.4, -0.2) is 45.7 Å². The Morgan fingerprint density at radius 1 is 1.03 bits per heavy atom. The van der Waals surface area contributed by atoms with Gasteiger partial charge in [0.05, 0.1) is 0 Å². The first-order chi connectivity index (χ1) is 17.7. The number of nitrogen functional groups attached to an aromatic ring is 1. The Morgan fingerprint density at radius 2 is 1.59 bits per heavy atom. The Kier molecular flexibility index (Phi) is 6.67. The summed E-state index contributed by atoms with van der Waals surface area (Å²) < 4.78 is 5.50. The molecule has 8 heteroatoms. The molecular weight excluding hydrogens is 464 g/mol. The van der Waals surface area contributed by atoms with Gasteiger partial charge in [-0.3, -0.25) is 0 Å². The van der Waals surface area contributed by atoms with Gasteiger partial charge >= 0.3 is 6.09 Å². The first kappa shape index (κ1) is 24.9. The third-order valence-electron chi connectivity index (χ3n) is 7.00. The number of carbonyl (C=O) groups is 1. The van der Waals surface area contributed by atoms with Gasteiger partial charge in [-0.2, -0.15) is 0 Å². The minimum atomic E-state index is -0.472. The van der Waals surface area contributed by atoms with E-state index < -0.39 is 5.60 Å². The molecule has 8 nitrogen and oxygen atoms in total. The number of nitrogens with zero attached hydrogens (tertiary/aromatic N) is 4. The maximum absolute atomic E-state index is 12.3. The molecule has 2 fully saturated rings. The second-order valence-electron chi connectivity index (χ2n) is 11.4. The molecule has 1 aliphatic heterocycles. The molecule has 1 aliphatic carbocycles. The van der Waals surface area contributed by atoms with E-state index in [2.05, 4.69) is 44.5 Å². The molecule has 1 spiro atoms. The van der Waals surface area contributed by atoms with Gasteiger partial charge in [0.25, 0.3) is 0 Å². The number of carbonyl (C=O) groups excluding carboxylic acids is 1. The minimum absolute atomic E-state index is 0.172. The van der Waals surface area contributed by atoms with E-state index in [1.807, 2.05) is 57.2 Å². The highest BCUT2D eigenvalue weighted by Crippen LogP contribution is 2.50. The molecule has 5 rings (SSSR count). The van der Waals surface area contributed by atoms with Crippen molar-refractivity contribution in [2.75, 3.05) is 29.0 Å². The van der Waals surface area contributed by atoms with Crippen LogP contribution in [0.2, 0.25) is 0 Å². The normalized spacial score (nSPS) is 16.6. The van der Waals surface area contributed by atoms with Crippen molar-refractivity contribution in [1.82, 2.24) is 14.9 Å². The van der Waals surface area contributed by atoms with Crippen LogP contribution in [0.25, 0.3) is 0 Å². The van der Waals surface area contributed by atoms with Gasteiger partial charge in [0.1, 0.15) is 17.6 Å². The Labute approximate surface area is 218 Å². The Bertz CT molecular complexity index is 1170. The summed E-state index contributed by atoms with van der Waals surface area (Å²) in [5, 5.41) is 3.54. The molecule has 0 bridgehead atoms. The molecule has 2 aromatic carbocycles. The van der Waals surface area contributed by atoms with E-state index >= 15 is 0 Å². The topological polar surface area (TPSA) is 96.6 Å². The molecule has 1 aromatic heterocycles. The van der Waals surface area contributed by atoms with E-state index in [1.165, 1.54) is 11.1 Å². The third-order valence-corrected chi connectivity index (χ3v) is 7.00. The monoisotopic (exact) mass is 500 g/mol. The second-order valence-corrected chi connectivity index (χ2v) is 11.4. The number of ether oxygens (including phenoxy) is 1. The predicted octanol–water partition coefficient (Wildman–Crippen LogP) is 5.08. The number of amides is 1. The fourth-order valence-electron chi connectivity index (χ4n) is 5.32. The SMILES string of the molecule is CC(C)(C)OC(=O)N1CC2(CC(Nc3ncnc(N(Cc4ccccc4)Cc4ccccc4)c3N)C2)C1. The molecule has 1 amide bonds. The van der Waals surface area contributed by atoms with E-state index in [0.29, 0.717) is 24.6 Å². The van der Waals surface area contributed by atoms with Gasteiger partial charge in [-0.1, -0.05) is 60.7 Å². The third kappa shape index (κ3) is 5.79. The summed E-state index contributed by atoms with van der Waals surface area (Å²) >= 11 is 0. The van der Waals surface area contributed by atoms with Gasteiger partial charge in [-0.25, -0.2) is 14.8 Å². The molecule has 3 N–H and O–H groups in total. The Hall–Kier alpha value is -3.81. The smallest absolute Gasteiger partial charge is 0.410 e. The van der Waals surface area contributed by atoms with Crippen LogP contribution in [-0.2, 0) is 17.8 Å². The van der Waals surface area contributed by atoms with Crippen LogP contribution in [0.5, 0.6) is 0 Å². The quantitative estimate of drug-likeness (QED) is 0.467. The summed E-state index contributed by atoms with van der Waals surface area (Å²) in [6, 6.07) is 20.9. The number of anilines is 3. The van der Waals surface area contributed by atoms with Gasteiger partial charge < -0.3 is 25.6 Å². The molecule has 2 heterocycles. The van der Waals surface area contributed by atoms with Crippen molar-refractivity contribution < 1.29 is 9.53 Å². The van der Waals surface area contributed by atoms with Gasteiger partial charge in [0, 0.05) is 37.6 Å². The summed E-state index contributed by atoms with van der Waals surface area (Å²) in [5.41, 5.74) is 9.28. The second kappa shape index (κ2) is 9.92. The van der Waals surface area contributed by atoms with Crippen LogP contribution in [0.3, 0.4) is 0 Å². The summed E-state index contributed by atoms with van der Waals surface area (Å²) in [7, 11) is 0. The molecule has 0 atom stereocenters. The van der Waals surface area contributed by atoms with Crippen molar-refractivity contribution in [3.63, 3.8) is 0 Å². The fraction of sp³-hybridized carbons (Fsp3) is 0.414. The van der Waals surface area contributed by atoms with Crippen LogP contribution >= 0.6 is 0 Å². The minimum Gasteiger partial charge on any atom is -0.444 e. The number of nitrogens with two attached hydrogens (primary N) is 1. The number of benzene rings is 2. The van der Waals surface area contributed by atoms with Crippen molar-refractivity contribution in [2.45, 2.75) is 58.3 Å². The number of hydrogen-bond donors (Lipinski definition) is 2. The number of rotatable bonds is 7. The number of aromatic nitrogens is 2. The van der Waals surface area contributed by atoms with E-state index in [9.17, 15) is 4.79 Å². The zero-order valence-electron chi connectivity index (χ0n) is 21.9. The Morgan fingerprint density at radius 3 is 2.14 bits per heavy atom. The van der Waals surface area contributed by atoms with Crippen LogP contribution in [0, 0.1) is 5.41 Å². The first-order valence-electron chi connectivity index (χ1n) is 12.9. The molecule has 3 aromatic rings. The lowest BCUT2D eigenvalue weighted by Crippen LogP contribution is -2.66. The van der Waals surface area contributed by atoms with Gasteiger partial charge in [0.2, 0.25) is 0 Å². The van der Waals surface area contributed by atoms with Crippen molar-refractivity contribution in [3.8, 4) is 0 Å². The van der Waals surface area contributed by atoms with Crippen molar-refractivity contribution in [1.29, 1.82) is 0 Å². The molecule has 0 radical (unpaired) electrons. The maximum Gasteiger partial charge on any atom is 0.410 e. The van der Waals surface area contributed by atoms with Gasteiger partial charge in [-0.05, 0) is 44.7 Å². The first-order valence-corrected chi connectivity index (χ1v) is 12.9. The predicted molar refractivity (Wildman–Crippen MR) is 146 cm³/mol. The van der Waals surface area contributed by atoms with Gasteiger partial charge in [0.15, 0.2) is 11.6 Å². The average molecular weight is 501 g/mol. The molecular formula is C29H36N6O2. The fourth-order valence-corrected chi connectivity index (χ4v) is 5.32. The molecule has 1 saturated heterocycles. The van der Waals surface area contributed by atoms with E-state index in [-0.39, 0.29) is 17.6 Å². The molecule has 0 unspecified atom stereocenters. The van der Waals surface area contributed by atoms with E-state index in [4.69, 9.17) is 10.5 Å². The lowest BCUT2D eigenvalue weighted by molar-refractivity contribution is -0.0738. The Balaban J connectivity index is 1.24. The van der Waals surface area contributed by atoms with Crippen molar-refractivity contribution in [2.24, 2.45) is 5.41 Å². The van der Waals surface area contributed by atoms with Crippen molar-refractivity contribution in [3.05, 3.63) is 78.1 Å². The number of likely N-dealkylation sites (tertiary alicyclic amines) is 1. The van der Waals surface area contributed by atoms with Crippen LogP contribution in [0.4, 0.5) is 22.1 Å². The van der Waals surface area contributed by atoms with E-state index in [0.717, 1.165) is 31.7 Å².